The Bertz CT molecular complexity index is 890. The van der Waals surface area contributed by atoms with Gasteiger partial charge in [-0.3, -0.25) is 4.79 Å². The van der Waals surface area contributed by atoms with E-state index in [1.807, 2.05) is 39.8 Å². The number of rotatable bonds is 6. The Kier molecular flexibility index (Phi) is 6.21. The zero-order valence-corrected chi connectivity index (χ0v) is 16.7. The maximum Gasteiger partial charge on any atom is 0.243 e. The molecule has 1 amide bonds. The maximum absolute atomic E-state index is 12.6. The summed E-state index contributed by atoms with van der Waals surface area (Å²) < 4.78 is 26.2. The molecule has 0 heterocycles. The van der Waals surface area contributed by atoms with E-state index in [0.717, 1.165) is 26.6 Å². The second-order valence-corrected chi connectivity index (χ2v) is 8.77. The molecule has 0 bridgehead atoms. The number of likely N-dealkylation sites (N-methyl/N-ethyl adjacent to an activating group) is 1. The topological polar surface area (TPSA) is 66.5 Å². The van der Waals surface area contributed by atoms with Gasteiger partial charge in [0.15, 0.2) is 0 Å². The van der Waals surface area contributed by atoms with Crippen LogP contribution < -0.4 is 5.32 Å². The zero-order valence-electron chi connectivity index (χ0n) is 15.9. The second kappa shape index (κ2) is 8.01. The molecule has 140 valence electrons. The maximum atomic E-state index is 12.6. The molecule has 5 nitrogen and oxygen atoms in total. The summed E-state index contributed by atoms with van der Waals surface area (Å²) in [6, 6.07) is 12.4. The molecule has 26 heavy (non-hydrogen) atoms. The summed E-state index contributed by atoms with van der Waals surface area (Å²) in [5.41, 5.74) is 4.26. The Morgan fingerprint density at radius 2 is 1.62 bits per heavy atom. The van der Waals surface area contributed by atoms with Crippen LogP contribution in [0.25, 0.3) is 0 Å². The molecular formula is C20H26N2O3S. The largest absolute Gasteiger partial charge is 0.348 e. The minimum Gasteiger partial charge on any atom is -0.348 e. The van der Waals surface area contributed by atoms with Crippen molar-refractivity contribution in [1.82, 2.24) is 9.62 Å². The van der Waals surface area contributed by atoms with Gasteiger partial charge in [-0.2, -0.15) is 4.31 Å². The molecule has 0 aromatic heterocycles. The Labute approximate surface area is 156 Å². The SMILES string of the molecule is Cc1ccc(S(=O)(=O)N(C)CC(=O)NC(C)c2ccc(C)cc2C)cc1. The van der Waals surface area contributed by atoms with Crippen LogP contribution in [-0.4, -0.2) is 32.2 Å². The highest BCUT2D eigenvalue weighted by molar-refractivity contribution is 7.89. The van der Waals surface area contributed by atoms with Gasteiger partial charge in [0.25, 0.3) is 0 Å². The van der Waals surface area contributed by atoms with Crippen molar-refractivity contribution in [3.8, 4) is 0 Å². The van der Waals surface area contributed by atoms with Crippen molar-refractivity contribution in [2.24, 2.45) is 0 Å². The van der Waals surface area contributed by atoms with Gasteiger partial charge in [-0.15, -0.1) is 0 Å². The highest BCUT2D eigenvalue weighted by Crippen LogP contribution is 2.19. The predicted molar refractivity (Wildman–Crippen MR) is 103 cm³/mol. The number of benzene rings is 2. The second-order valence-electron chi connectivity index (χ2n) is 6.72. The third kappa shape index (κ3) is 4.71. The minimum atomic E-state index is -3.69. The fraction of sp³-hybridized carbons (Fsp3) is 0.350. The van der Waals surface area contributed by atoms with E-state index in [-0.39, 0.29) is 23.4 Å². The fourth-order valence-corrected chi connectivity index (χ4v) is 3.98. The molecule has 0 spiro atoms. The molecule has 0 aliphatic rings. The quantitative estimate of drug-likeness (QED) is 0.845. The Hall–Kier alpha value is -2.18. The van der Waals surface area contributed by atoms with Gasteiger partial charge < -0.3 is 5.32 Å². The standard InChI is InChI=1S/C20H26N2O3S/c1-14-6-9-18(10-7-14)26(24,25)22(5)13-20(23)21-17(4)19-11-8-15(2)12-16(19)3/h6-12,17H,13H2,1-5H3,(H,21,23). The summed E-state index contributed by atoms with van der Waals surface area (Å²) in [6.07, 6.45) is 0. The van der Waals surface area contributed by atoms with Gasteiger partial charge in [0.1, 0.15) is 0 Å². The van der Waals surface area contributed by atoms with Gasteiger partial charge in [-0.1, -0.05) is 41.5 Å². The van der Waals surface area contributed by atoms with Crippen LogP contribution in [0.3, 0.4) is 0 Å². The van der Waals surface area contributed by atoms with Crippen molar-refractivity contribution >= 4 is 15.9 Å². The third-order valence-electron chi connectivity index (χ3n) is 4.36. The lowest BCUT2D eigenvalue weighted by atomic mass is 10.0. The number of sulfonamides is 1. The first-order valence-electron chi connectivity index (χ1n) is 8.51. The lowest BCUT2D eigenvalue weighted by Crippen LogP contribution is -2.39. The van der Waals surface area contributed by atoms with Crippen molar-refractivity contribution < 1.29 is 13.2 Å². The monoisotopic (exact) mass is 374 g/mol. The molecule has 6 heteroatoms. The smallest absolute Gasteiger partial charge is 0.243 e. The molecule has 0 fully saturated rings. The van der Waals surface area contributed by atoms with E-state index in [9.17, 15) is 13.2 Å². The molecule has 0 aliphatic heterocycles. The number of amides is 1. The van der Waals surface area contributed by atoms with E-state index in [4.69, 9.17) is 0 Å². The van der Waals surface area contributed by atoms with Crippen molar-refractivity contribution in [1.29, 1.82) is 0 Å². The van der Waals surface area contributed by atoms with Crippen LogP contribution in [0.4, 0.5) is 0 Å². The molecule has 0 saturated carbocycles. The summed E-state index contributed by atoms with van der Waals surface area (Å²) in [5, 5.41) is 2.87. The number of carbonyl (C=O) groups excluding carboxylic acids is 1. The minimum absolute atomic E-state index is 0.181. The Balaban J connectivity index is 2.05. The Morgan fingerprint density at radius 3 is 2.19 bits per heavy atom. The molecular weight excluding hydrogens is 348 g/mol. The number of hydrogen-bond acceptors (Lipinski definition) is 3. The number of aryl methyl sites for hydroxylation is 3. The van der Waals surface area contributed by atoms with E-state index in [1.165, 1.54) is 7.05 Å². The van der Waals surface area contributed by atoms with E-state index in [2.05, 4.69) is 11.4 Å². The summed E-state index contributed by atoms with van der Waals surface area (Å²) in [7, 11) is -2.28. The number of carbonyl (C=O) groups is 1. The van der Waals surface area contributed by atoms with Crippen LogP contribution in [-0.2, 0) is 14.8 Å². The number of nitrogens with one attached hydrogen (secondary N) is 1. The lowest BCUT2D eigenvalue weighted by molar-refractivity contribution is -0.121. The van der Waals surface area contributed by atoms with E-state index in [1.54, 1.807) is 24.3 Å². The van der Waals surface area contributed by atoms with Crippen molar-refractivity contribution in [2.45, 2.75) is 38.6 Å². The molecule has 0 radical (unpaired) electrons. The average molecular weight is 375 g/mol. The molecule has 0 aliphatic carbocycles. The molecule has 2 aromatic rings. The molecule has 2 aromatic carbocycles. The van der Waals surface area contributed by atoms with Crippen LogP contribution in [0.15, 0.2) is 47.4 Å². The first-order valence-corrected chi connectivity index (χ1v) is 9.95. The van der Waals surface area contributed by atoms with Crippen LogP contribution in [0.2, 0.25) is 0 Å². The predicted octanol–water partition coefficient (Wildman–Crippen LogP) is 3.11. The summed E-state index contributed by atoms with van der Waals surface area (Å²) >= 11 is 0. The molecule has 1 atom stereocenters. The van der Waals surface area contributed by atoms with Crippen molar-refractivity contribution in [3.05, 3.63) is 64.7 Å². The van der Waals surface area contributed by atoms with E-state index >= 15 is 0 Å². The summed E-state index contributed by atoms with van der Waals surface area (Å²) in [5.74, 6) is -0.337. The summed E-state index contributed by atoms with van der Waals surface area (Å²) in [4.78, 5) is 12.5. The third-order valence-corrected chi connectivity index (χ3v) is 6.18. The summed E-state index contributed by atoms with van der Waals surface area (Å²) in [6.45, 7) is 7.57. The van der Waals surface area contributed by atoms with E-state index < -0.39 is 10.0 Å². The number of hydrogen-bond donors (Lipinski definition) is 1. The van der Waals surface area contributed by atoms with Gasteiger partial charge in [-0.05, 0) is 51.0 Å². The average Bonchev–Trinajstić information content (AvgIpc) is 2.54. The van der Waals surface area contributed by atoms with Crippen molar-refractivity contribution in [2.75, 3.05) is 13.6 Å². The van der Waals surface area contributed by atoms with Gasteiger partial charge in [0.2, 0.25) is 15.9 Å². The molecule has 0 saturated heterocycles. The van der Waals surface area contributed by atoms with Crippen LogP contribution in [0.1, 0.15) is 35.2 Å². The van der Waals surface area contributed by atoms with Crippen LogP contribution in [0, 0.1) is 20.8 Å². The first-order chi connectivity index (χ1) is 12.1. The first kappa shape index (κ1) is 20.1. The van der Waals surface area contributed by atoms with E-state index in [0.29, 0.717) is 0 Å². The van der Waals surface area contributed by atoms with Crippen LogP contribution in [0.5, 0.6) is 0 Å². The Morgan fingerprint density at radius 1 is 1.04 bits per heavy atom. The van der Waals surface area contributed by atoms with Crippen LogP contribution >= 0.6 is 0 Å². The molecule has 1 N–H and O–H groups in total. The lowest BCUT2D eigenvalue weighted by Gasteiger charge is -2.20. The van der Waals surface area contributed by atoms with Gasteiger partial charge in [0.05, 0.1) is 17.5 Å². The van der Waals surface area contributed by atoms with Gasteiger partial charge in [-0.25, -0.2) is 8.42 Å². The zero-order chi connectivity index (χ0) is 19.5. The normalized spacial score (nSPS) is 12.8. The van der Waals surface area contributed by atoms with Gasteiger partial charge in [0, 0.05) is 7.05 Å². The fourth-order valence-electron chi connectivity index (χ4n) is 2.85. The highest BCUT2D eigenvalue weighted by atomic mass is 32.2. The van der Waals surface area contributed by atoms with Gasteiger partial charge >= 0.3 is 0 Å². The van der Waals surface area contributed by atoms with Crippen molar-refractivity contribution in [3.63, 3.8) is 0 Å². The molecule has 1 unspecified atom stereocenters. The highest BCUT2D eigenvalue weighted by Gasteiger charge is 2.23. The number of nitrogens with zero attached hydrogens (tertiary/aromatic N) is 1. The molecule has 2 rings (SSSR count).